The summed E-state index contributed by atoms with van der Waals surface area (Å²) in [5.41, 5.74) is 8.95. The Labute approximate surface area is 148 Å². The second-order valence-corrected chi connectivity index (χ2v) is 7.42. The first-order valence-corrected chi connectivity index (χ1v) is 8.88. The van der Waals surface area contributed by atoms with Gasteiger partial charge in [0, 0.05) is 23.8 Å². The van der Waals surface area contributed by atoms with Crippen molar-refractivity contribution in [1.82, 2.24) is 14.6 Å². The quantitative estimate of drug-likeness (QED) is 0.785. The van der Waals surface area contributed by atoms with Gasteiger partial charge in [-0.15, -0.1) is 0 Å². The molecule has 3 aromatic rings. The van der Waals surface area contributed by atoms with E-state index < -0.39 is 0 Å². The van der Waals surface area contributed by atoms with Gasteiger partial charge in [0.1, 0.15) is 10.8 Å². The SMILES string of the molecule is CC(C)Cc1nn2c(N)c(/C=C3/C=Nc4ccccc43)c(=O)nc2s1. The van der Waals surface area contributed by atoms with Crippen LogP contribution in [0.2, 0.25) is 0 Å². The van der Waals surface area contributed by atoms with E-state index in [9.17, 15) is 4.79 Å². The summed E-state index contributed by atoms with van der Waals surface area (Å²) < 4.78 is 1.56. The molecule has 0 atom stereocenters. The molecule has 4 rings (SSSR count). The second-order valence-electron chi connectivity index (χ2n) is 6.38. The number of aromatic nitrogens is 3. The van der Waals surface area contributed by atoms with Crippen LogP contribution in [0.15, 0.2) is 34.1 Å². The van der Waals surface area contributed by atoms with Crippen LogP contribution in [0.1, 0.15) is 30.0 Å². The molecular formula is C18H17N5OS. The van der Waals surface area contributed by atoms with Crippen molar-refractivity contribution in [3.63, 3.8) is 0 Å². The lowest BCUT2D eigenvalue weighted by Gasteiger charge is -2.03. The van der Waals surface area contributed by atoms with E-state index in [4.69, 9.17) is 5.73 Å². The summed E-state index contributed by atoms with van der Waals surface area (Å²) in [6.45, 7) is 4.25. The van der Waals surface area contributed by atoms with Crippen LogP contribution in [0.5, 0.6) is 0 Å². The van der Waals surface area contributed by atoms with E-state index >= 15 is 0 Å². The number of anilines is 1. The van der Waals surface area contributed by atoms with Crippen molar-refractivity contribution < 1.29 is 0 Å². The minimum atomic E-state index is -0.345. The predicted octanol–water partition coefficient (Wildman–Crippen LogP) is 3.19. The van der Waals surface area contributed by atoms with Crippen molar-refractivity contribution in [2.24, 2.45) is 10.9 Å². The first kappa shape index (κ1) is 15.7. The van der Waals surface area contributed by atoms with Crippen LogP contribution in [0.3, 0.4) is 0 Å². The predicted molar refractivity (Wildman–Crippen MR) is 103 cm³/mol. The zero-order chi connectivity index (χ0) is 17.6. The lowest BCUT2D eigenvalue weighted by molar-refractivity contribution is 0.636. The van der Waals surface area contributed by atoms with Crippen molar-refractivity contribution in [2.45, 2.75) is 20.3 Å². The Balaban J connectivity index is 1.85. The molecule has 0 saturated heterocycles. The van der Waals surface area contributed by atoms with Crippen LogP contribution < -0.4 is 11.3 Å². The van der Waals surface area contributed by atoms with Crippen molar-refractivity contribution in [2.75, 3.05) is 5.73 Å². The summed E-state index contributed by atoms with van der Waals surface area (Å²) in [5.74, 6) is 0.786. The fraction of sp³-hybridized carbons (Fsp3) is 0.222. The van der Waals surface area contributed by atoms with E-state index in [0.717, 1.165) is 28.3 Å². The highest BCUT2D eigenvalue weighted by molar-refractivity contribution is 7.16. The van der Waals surface area contributed by atoms with Gasteiger partial charge in [0.15, 0.2) is 0 Å². The molecule has 0 aliphatic carbocycles. The van der Waals surface area contributed by atoms with Gasteiger partial charge in [0.25, 0.3) is 5.56 Å². The number of para-hydroxylation sites is 1. The fourth-order valence-electron chi connectivity index (χ4n) is 2.80. The minimum Gasteiger partial charge on any atom is -0.383 e. The fourth-order valence-corrected chi connectivity index (χ4v) is 3.90. The van der Waals surface area contributed by atoms with Crippen LogP contribution in [0, 0.1) is 5.92 Å². The van der Waals surface area contributed by atoms with E-state index in [1.807, 2.05) is 24.3 Å². The molecule has 1 aromatic carbocycles. The Kier molecular flexibility index (Phi) is 3.73. The van der Waals surface area contributed by atoms with Crippen LogP contribution in [-0.4, -0.2) is 20.8 Å². The lowest BCUT2D eigenvalue weighted by Crippen LogP contribution is -2.16. The average molecular weight is 351 g/mol. The molecule has 0 saturated carbocycles. The zero-order valence-electron chi connectivity index (χ0n) is 13.9. The molecule has 0 unspecified atom stereocenters. The van der Waals surface area contributed by atoms with E-state index in [1.54, 1.807) is 16.8 Å². The zero-order valence-corrected chi connectivity index (χ0v) is 14.7. The molecule has 0 radical (unpaired) electrons. The van der Waals surface area contributed by atoms with E-state index in [0.29, 0.717) is 22.3 Å². The Morgan fingerprint density at radius 1 is 1.32 bits per heavy atom. The van der Waals surface area contributed by atoms with Gasteiger partial charge >= 0.3 is 0 Å². The van der Waals surface area contributed by atoms with Gasteiger partial charge in [0.2, 0.25) is 4.96 Å². The largest absolute Gasteiger partial charge is 0.383 e. The van der Waals surface area contributed by atoms with Crippen molar-refractivity contribution in [1.29, 1.82) is 0 Å². The third-order valence-corrected chi connectivity index (χ3v) is 4.90. The number of nitrogens with two attached hydrogens (primary N) is 1. The number of nitrogens with zero attached hydrogens (tertiary/aromatic N) is 4. The second kappa shape index (κ2) is 5.93. The smallest absolute Gasteiger partial charge is 0.283 e. The van der Waals surface area contributed by atoms with E-state index in [-0.39, 0.29) is 5.56 Å². The van der Waals surface area contributed by atoms with E-state index in [1.165, 1.54) is 11.3 Å². The van der Waals surface area contributed by atoms with Gasteiger partial charge in [-0.05, 0) is 18.1 Å². The maximum atomic E-state index is 12.5. The molecular weight excluding hydrogens is 334 g/mol. The Hall–Kier alpha value is -2.80. The van der Waals surface area contributed by atoms with Crippen LogP contribution in [0.25, 0.3) is 16.6 Å². The summed E-state index contributed by atoms with van der Waals surface area (Å²) in [5, 5.41) is 5.44. The minimum absolute atomic E-state index is 0.312. The number of allylic oxidation sites excluding steroid dienone is 1. The summed E-state index contributed by atoms with van der Waals surface area (Å²) in [6, 6.07) is 7.78. The van der Waals surface area contributed by atoms with Crippen molar-refractivity contribution in [3.05, 3.63) is 50.8 Å². The molecule has 2 aromatic heterocycles. The van der Waals surface area contributed by atoms with Gasteiger partial charge < -0.3 is 5.73 Å². The number of hydrogen-bond acceptors (Lipinski definition) is 6. The summed E-state index contributed by atoms with van der Waals surface area (Å²) in [6.07, 6.45) is 4.32. The molecule has 3 heterocycles. The van der Waals surface area contributed by atoms with Gasteiger partial charge in [-0.25, -0.2) is 0 Å². The highest BCUT2D eigenvalue weighted by Gasteiger charge is 2.17. The maximum Gasteiger partial charge on any atom is 0.283 e. The molecule has 126 valence electrons. The summed E-state index contributed by atoms with van der Waals surface area (Å²) in [7, 11) is 0. The van der Waals surface area contributed by atoms with Crippen LogP contribution >= 0.6 is 11.3 Å². The molecule has 0 bridgehead atoms. The Morgan fingerprint density at radius 2 is 2.12 bits per heavy atom. The van der Waals surface area contributed by atoms with Gasteiger partial charge in [-0.1, -0.05) is 43.4 Å². The van der Waals surface area contributed by atoms with Gasteiger partial charge in [-0.3, -0.25) is 9.79 Å². The Bertz CT molecular complexity index is 1090. The number of benzene rings is 1. The summed E-state index contributed by atoms with van der Waals surface area (Å²) in [4.78, 5) is 21.5. The molecule has 2 N–H and O–H groups in total. The first-order chi connectivity index (χ1) is 12.0. The molecule has 7 heteroatoms. The molecule has 25 heavy (non-hydrogen) atoms. The monoisotopic (exact) mass is 351 g/mol. The average Bonchev–Trinajstić information content (AvgIpc) is 3.15. The number of hydrogen-bond donors (Lipinski definition) is 1. The van der Waals surface area contributed by atoms with Crippen molar-refractivity contribution >= 4 is 45.7 Å². The maximum absolute atomic E-state index is 12.5. The van der Waals surface area contributed by atoms with Gasteiger partial charge in [0.05, 0.1) is 11.3 Å². The number of fused-ring (bicyclic) bond motifs is 2. The molecule has 0 spiro atoms. The molecule has 0 fully saturated rings. The number of nitrogen functional groups attached to an aromatic ring is 1. The topological polar surface area (TPSA) is 85.6 Å². The third-order valence-electron chi connectivity index (χ3n) is 3.97. The number of aliphatic imine (C=N–C) groups is 1. The molecule has 1 aliphatic heterocycles. The Morgan fingerprint density at radius 3 is 2.92 bits per heavy atom. The third kappa shape index (κ3) is 2.76. The summed E-state index contributed by atoms with van der Waals surface area (Å²) >= 11 is 1.41. The molecule has 1 aliphatic rings. The van der Waals surface area contributed by atoms with Crippen LogP contribution in [-0.2, 0) is 6.42 Å². The highest BCUT2D eigenvalue weighted by atomic mass is 32.1. The molecule has 0 amide bonds. The number of rotatable bonds is 3. The highest BCUT2D eigenvalue weighted by Crippen LogP contribution is 2.32. The lowest BCUT2D eigenvalue weighted by atomic mass is 10.1. The van der Waals surface area contributed by atoms with Crippen LogP contribution in [0.4, 0.5) is 11.5 Å². The standard InChI is InChI=1S/C18H17N5OS/c1-10(2)7-15-22-23-16(19)13(17(24)21-18(23)25-15)8-11-9-20-14-6-4-3-5-12(11)14/h3-6,8-10H,7,19H2,1-2H3/b11-8-. The normalized spacial score (nSPS) is 14.8. The molecule has 6 nitrogen and oxygen atoms in total. The first-order valence-electron chi connectivity index (χ1n) is 8.06. The van der Waals surface area contributed by atoms with Gasteiger partial charge in [-0.2, -0.15) is 14.6 Å². The van der Waals surface area contributed by atoms with Crippen molar-refractivity contribution in [3.8, 4) is 0 Å². The van der Waals surface area contributed by atoms with E-state index in [2.05, 4.69) is 28.9 Å².